The smallest absolute Gasteiger partial charge is 0.305 e. The van der Waals surface area contributed by atoms with E-state index in [1.54, 1.807) is 0 Å². The summed E-state index contributed by atoms with van der Waals surface area (Å²) in [6.45, 7) is 4.26. The molecule has 0 saturated carbocycles. The van der Waals surface area contributed by atoms with Gasteiger partial charge in [0.1, 0.15) is 0 Å². The molecule has 0 unspecified atom stereocenters. The zero-order chi connectivity index (χ0) is 19.2. The Balaban J connectivity index is 0.000000593. The van der Waals surface area contributed by atoms with Crippen molar-refractivity contribution < 1.29 is 34.7 Å². The van der Waals surface area contributed by atoms with E-state index in [1.807, 2.05) is 13.8 Å². The molecule has 150 valence electrons. The van der Waals surface area contributed by atoms with Crippen molar-refractivity contribution in [3.63, 3.8) is 0 Å². The summed E-state index contributed by atoms with van der Waals surface area (Å²) >= 11 is 0. The molecule has 1 aliphatic heterocycles. The number of ether oxygens (including phenoxy) is 2. The Morgan fingerprint density at radius 3 is 1.76 bits per heavy atom. The Morgan fingerprint density at radius 1 is 0.880 bits per heavy atom. The predicted molar refractivity (Wildman–Crippen MR) is 94.0 cm³/mol. The van der Waals surface area contributed by atoms with E-state index in [9.17, 15) is 25.2 Å². The lowest BCUT2D eigenvalue weighted by Crippen LogP contribution is -2.39. The molecule has 0 amide bonds. The number of esters is 1. The third-order valence-electron chi connectivity index (χ3n) is 4.95. The van der Waals surface area contributed by atoms with Gasteiger partial charge in [0.15, 0.2) is 0 Å². The molecule has 0 atom stereocenters. The van der Waals surface area contributed by atoms with Gasteiger partial charge in [-0.2, -0.15) is 0 Å². The van der Waals surface area contributed by atoms with Gasteiger partial charge in [-0.15, -0.1) is 0 Å². The van der Waals surface area contributed by atoms with Crippen LogP contribution in [0.4, 0.5) is 0 Å². The van der Waals surface area contributed by atoms with E-state index in [0.29, 0.717) is 25.9 Å². The van der Waals surface area contributed by atoms with Crippen molar-refractivity contribution in [1.82, 2.24) is 0 Å². The average molecular weight is 364 g/mol. The summed E-state index contributed by atoms with van der Waals surface area (Å²) in [5.41, 5.74) is -1.27. The van der Waals surface area contributed by atoms with Crippen LogP contribution in [-0.2, 0) is 14.3 Å². The van der Waals surface area contributed by atoms with Crippen LogP contribution < -0.4 is 0 Å². The van der Waals surface area contributed by atoms with E-state index in [2.05, 4.69) is 0 Å². The quantitative estimate of drug-likeness (QED) is 0.425. The second kappa shape index (κ2) is 13.5. The monoisotopic (exact) mass is 364 g/mol. The highest BCUT2D eigenvalue weighted by molar-refractivity contribution is 5.69. The summed E-state index contributed by atoms with van der Waals surface area (Å²) in [7, 11) is 0. The first-order chi connectivity index (χ1) is 12.0. The lowest BCUT2D eigenvalue weighted by molar-refractivity contribution is -0.142. The minimum Gasteiger partial charge on any atom is -0.466 e. The van der Waals surface area contributed by atoms with Crippen molar-refractivity contribution in [3.8, 4) is 0 Å². The van der Waals surface area contributed by atoms with Gasteiger partial charge >= 0.3 is 5.97 Å². The maximum absolute atomic E-state index is 10.5. The van der Waals surface area contributed by atoms with Gasteiger partial charge in [0.2, 0.25) is 0 Å². The molecule has 1 saturated heterocycles. The first-order valence-corrected chi connectivity index (χ1v) is 9.14. The van der Waals surface area contributed by atoms with Gasteiger partial charge in [-0.05, 0) is 32.1 Å². The fourth-order valence-electron chi connectivity index (χ4n) is 2.22. The molecule has 0 aliphatic carbocycles. The number of hydrogen-bond donors (Lipinski definition) is 4. The van der Waals surface area contributed by atoms with Crippen LogP contribution in [0.25, 0.3) is 0 Å². The van der Waals surface area contributed by atoms with Gasteiger partial charge in [0, 0.05) is 17.3 Å². The molecule has 0 bridgehead atoms. The number of aliphatic hydroxyl groups is 4. The Morgan fingerprint density at radius 2 is 1.36 bits per heavy atom. The highest BCUT2D eigenvalue weighted by Crippen LogP contribution is 2.25. The highest BCUT2D eigenvalue weighted by atomic mass is 16.5. The molecular formula is C18H36O7. The van der Waals surface area contributed by atoms with Crippen molar-refractivity contribution >= 4 is 5.97 Å². The molecule has 0 spiro atoms. The number of carbonyl (C=O) groups excluding carboxylic acids is 1. The molecule has 0 aromatic carbocycles. The van der Waals surface area contributed by atoms with E-state index in [1.165, 1.54) is 0 Å². The molecule has 0 aromatic rings. The summed E-state index contributed by atoms with van der Waals surface area (Å²) in [6, 6.07) is 0. The summed E-state index contributed by atoms with van der Waals surface area (Å²) in [5.74, 6) is -0.0255. The molecule has 25 heavy (non-hydrogen) atoms. The third-order valence-corrected chi connectivity index (χ3v) is 4.95. The molecule has 4 N–H and O–H groups in total. The molecule has 1 heterocycles. The maximum atomic E-state index is 10.5. The van der Waals surface area contributed by atoms with Crippen molar-refractivity contribution in [3.05, 3.63) is 0 Å². The van der Waals surface area contributed by atoms with E-state index in [0.717, 1.165) is 19.3 Å². The van der Waals surface area contributed by atoms with Crippen LogP contribution in [0.15, 0.2) is 0 Å². The molecule has 1 rings (SSSR count). The number of carbonyl (C=O) groups is 1. The first-order valence-electron chi connectivity index (χ1n) is 9.14. The van der Waals surface area contributed by atoms with Crippen LogP contribution in [-0.4, -0.2) is 72.6 Å². The number of cyclic esters (lactones) is 1. The van der Waals surface area contributed by atoms with E-state index in [-0.39, 0.29) is 45.6 Å². The minimum atomic E-state index is -0.635. The van der Waals surface area contributed by atoms with E-state index < -0.39 is 10.8 Å². The van der Waals surface area contributed by atoms with E-state index >= 15 is 0 Å². The summed E-state index contributed by atoms with van der Waals surface area (Å²) < 4.78 is 10.2. The second-order valence-electron chi connectivity index (χ2n) is 6.86. The normalized spacial score (nSPS) is 15.8. The summed E-state index contributed by atoms with van der Waals surface area (Å²) in [4.78, 5) is 10.5. The summed E-state index contributed by atoms with van der Waals surface area (Å²) in [6.07, 6.45) is 5.05. The van der Waals surface area contributed by atoms with Crippen LogP contribution in [0.3, 0.4) is 0 Å². The standard InChI is InChI=1S/C12H26O5.C6H10O2/c1-3-11(5-13,6-14)9-17-10-12(4-2,7-15)8-16;7-6-4-2-1-3-5-8-6/h13-16H,3-10H2,1-2H3;1-5H2. The zero-order valence-electron chi connectivity index (χ0n) is 15.7. The molecule has 1 aliphatic rings. The molecular weight excluding hydrogens is 328 g/mol. The number of aliphatic hydroxyl groups excluding tert-OH is 4. The first kappa shape index (κ1) is 24.3. The Bertz CT molecular complexity index is 292. The van der Waals surface area contributed by atoms with Gasteiger partial charge in [-0.25, -0.2) is 0 Å². The van der Waals surface area contributed by atoms with Crippen molar-refractivity contribution in [2.75, 3.05) is 46.2 Å². The SMILES string of the molecule is CCC(CO)(CO)COCC(CC)(CO)CO.O=C1CCCCCO1. The average Bonchev–Trinajstić information content (AvgIpc) is 2.91. The fourth-order valence-corrected chi connectivity index (χ4v) is 2.22. The van der Waals surface area contributed by atoms with Gasteiger partial charge in [0.05, 0.1) is 46.2 Å². The van der Waals surface area contributed by atoms with Crippen LogP contribution in [0.2, 0.25) is 0 Å². The Labute approximate surface area is 151 Å². The zero-order valence-corrected chi connectivity index (χ0v) is 15.7. The van der Waals surface area contributed by atoms with Crippen molar-refractivity contribution in [2.45, 2.75) is 52.4 Å². The van der Waals surface area contributed by atoms with Crippen molar-refractivity contribution in [2.24, 2.45) is 10.8 Å². The van der Waals surface area contributed by atoms with Crippen LogP contribution in [0, 0.1) is 10.8 Å². The van der Waals surface area contributed by atoms with Gasteiger partial charge in [-0.1, -0.05) is 13.8 Å². The van der Waals surface area contributed by atoms with Gasteiger partial charge < -0.3 is 29.9 Å². The molecule has 1 fully saturated rings. The molecule has 0 aromatic heterocycles. The third kappa shape index (κ3) is 8.96. The number of hydrogen-bond acceptors (Lipinski definition) is 7. The minimum absolute atomic E-state index is 0.0255. The molecule has 7 nitrogen and oxygen atoms in total. The lowest BCUT2D eigenvalue weighted by atomic mass is 9.86. The Hall–Kier alpha value is -0.730. The lowest BCUT2D eigenvalue weighted by Gasteiger charge is -2.32. The largest absolute Gasteiger partial charge is 0.466 e. The van der Waals surface area contributed by atoms with Crippen LogP contribution >= 0.6 is 0 Å². The molecule has 7 heteroatoms. The Kier molecular flexibility index (Phi) is 13.1. The van der Waals surface area contributed by atoms with Gasteiger partial charge in [0.25, 0.3) is 0 Å². The predicted octanol–water partition coefficient (Wildman–Crippen LogP) is 0.869. The van der Waals surface area contributed by atoms with E-state index in [4.69, 9.17) is 9.47 Å². The maximum Gasteiger partial charge on any atom is 0.305 e. The number of rotatable bonds is 10. The van der Waals surface area contributed by atoms with Crippen LogP contribution in [0.1, 0.15) is 52.4 Å². The fraction of sp³-hybridized carbons (Fsp3) is 0.944. The summed E-state index contributed by atoms with van der Waals surface area (Å²) in [5, 5.41) is 37.0. The topological polar surface area (TPSA) is 116 Å². The van der Waals surface area contributed by atoms with Gasteiger partial charge in [-0.3, -0.25) is 4.79 Å². The highest BCUT2D eigenvalue weighted by Gasteiger charge is 2.31. The molecule has 0 radical (unpaired) electrons. The van der Waals surface area contributed by atoms with Crippen molar-refractivity contribution in [1.29, 1.82) is 0 Å². The van der Waals surface area contributed by atoms with Crippen LogP contribution in [0.5, 0.6) is 0 Å². The second-order valence-corrected chi connectivity index (χ2v) is 6.86.